The molecule has 0 fully saturated rings. The first-order valence-corrected chi connectivity index (χ1v) is 11.0. The van der Waals surface area contributed by atoms with Crippen molar-refractivity contribution in [2.24, 2.45) is 0 Å². The maximum Gasteiger partial charge on any atom is 0.253 e. The largest absolute Gasteiger partial charge is 0.345 e. The number of hydrogen-bond acceptors (Lipinski definition) is 3. The van der Waals surface area contributed by atoms with Gasteiger partial charge in [0.25, 0.3) is 5.91 Å². The Kier molecular flexibility index (Phi) is 6.07. The molecule has 0 bridgehead atoms. The van der Waals surface area contributed by atoms with Crippen LogP contribution in [0.15, 0.2) is 41.3 Å². The highest BCUT2D eigenvalue weighted by molar-refractivity contribution is 7.89. The van der Waals surface area contributed by atoms with Gasteiger partial charge in [-0.3, -0.25) is 4.79 Å². The van der Waals surface area contributed by atoms with Crippen molar-refractivity contribution in [1.82, 2.24) is 9.62 Å². The van der Waals surface area contributed by atoms with Gasteiger partial charge in [-0.25, -0.2) is 12.8 Å². The van der Waals surface area contributed by atoms with Gasteiger partial charge in [0.15, 0.2) is 0 Å². The fourth-order valence-electron chi connectivity index (χ4n) is 3.52. The molecule has 1 amide bonds. The van der Waals surface area contributed by atoms with Crippen LogP contribution in [0.25, 0.3) is 0 Å². The molecule has 1 aliphatic rings. The lowest BCUT2D eigenvalue weighted by Gasteiger charge is -2.19. The van der Waals surface area contributed by atoms with E-state index >= 15 is 0 Å². The average Bonchev–Trinajstić information content (AvgIpc) is 3.04. The van der Waals surface area contributed by atoms with Gasteiger partial charge in [-0.15, -0.1) is 0 Å². The molecule has 2 aromatic rings. The van der Waals surface area contributed by atoms with Crippen LogP contribution in [0.4, 0.5) is 4.39 Å². The van der Waals surface area contributed by atoms with Gasteiger partial charge in [0.05, 0.1) is 21.5 Å². The zero-order chi connectivity index (χ0) is 20.5. The Morgan fingerprint density at radius 2 is 1.93 bits per heavy atom. The molecule has 0 aromatic heterocycles. The number of carbonyl (C=O) groups is 1. The fourth-order valence-corrected chi connectivity index (χ4v) is 5.21. The highest BCUT2D eigenvalue weighted by Crippen LogP contribution is 2.32. The van der Waals surface area contributed by atoms with E-state index in [1.165, 1.54) is 34.6 Å². The van der Waals surface area contributed by atoms with Crippen molar-refractivity contribution in [3.63, 3.8) is 0 Å². The van der Waals surface area contributed by atoms with Crippen molar-refractivity contribution in [2.75, 3.05) is 13.1 Å². The van der Waals surface area contributed by atoms with Gasteiger partial charge in [0.1, 0.15) is 5.82 Å². The summed E-state index contributed by atoms with van der Waals surface area (Å²) < 4.78 is 40.2. The second kappa shape index (κ2) is 8.19. The Labute approximate surface area is 169 Å². The lowest BCUT2D eigenvalue weighted by molar-refractivity contribution is 0.0936. The minimum absolute atomic E-state index is 0.0274. The highest BCUT2D eigenvalue weighted by atomic mass is 35.5. The Morgan fingerprint density at radius 1 is 1.21 bits per heavy atom. The molecule has 0 saturated carbocycles. The van der Waals surface area contributed by atoms with Gasteiger partial charge < -0.3 is 5.32 Å². The number of rotatable bonds is 6. The predicted molar refractivity (Wildman–Crippen MR) is 106 cm³/mol. The summed E-state index contributed by atoms with van der Waals surface area (Å²) in [5.74, 6) is -0.758. The lowest BCUT2D eigenvalue weighted by atomic mass is 10.1. The molecule has 0 aliphatic heterocycles. The number of halogens is 2. The molecule has 2 aromatic carbocycles. The second-order valence-corrected chi connectivity index (χ2v) is 8.98. The minimum Gasteiger partial charge on any atom is -0.345 e. The first-order chi connectivity index (χ1) is 13.3. The maximum absolute atomic E-state index is 13.4. The topological polar surface area (TPSA) is 66.5 Å². The number of nitrogens with zero attached hydrogens (tertiary/aromatic N) is 1. The number of fused-ring (bicyclic) bond motifs is 1. The molecular formula is C20H22ClFN2O3S. The van der Waals surface area contributed by atoms with Crippen LogP contribution in [0.2, 0.25) is 5.02 Å². The monoisotopic (exact) mass is 424 g/mol. The van der Waals surface area contributed by atoms with Crippen molar-refractivity contribution in [3.8, 4) is 0 Å². The molecule has 0 heterocycles. The SMILES string of the molecule is CCN(CC)S(=O)(=O)c1ccc(Cl)c(C(=O)NC2CCc3cc(F)ccc32)c1. The van der Waals surface area contributed by atoms with Crippen molar-refractivity contribution in [3.05, 3.63) is 63.9 Å². The number of amides is 1. The molecule has 28 heavy (non-hydrogen) atoms. The molecule has 5 nitrogen and oxygen atoms in total. The first kappa shape index (κ1) is 20.8. The molecule has 3 rings (SSSR count). The molecule has 1 N–H and O–H groups in total. The number of sulfonamides is 1. The Hall–Kier alpha value is -1.96. The zero-order valence-electron chi connectivity index (χ0n) is 15.7. The minimum atomic E-state index is -3.70. The summed E-state index contributed by atoms with van der Waals surface area (Å²) in [5.41, 5.74) is 1.84. The Balaban J connectivity index is 1.87. The number of nitrogens with one attached hydrogen (secondary N) is 1. The third-order valence-corrected chi connectivity index (χ3v) is 7.39. The molecule has 0 spiro atoms. The van der Waals surface area contributed by atoms with E-state index in [2.05, 4.69) is 5.32 Å². The molecule has 150 valence electrons. The van der Waals surface area contributed by atoms with Crippen molar-refractivity contribution < 1.29 is 17.6 Å². The van der Waals surface area contributed by atoms with Gasteiger partial charge in [0, 0.05) is 13.1 Å². The van der Waals surface area contributed by atoms with Crippen molar-refractivity contribution in [1.29, 1.82) is 0 Å². The molecule has 0 saturated heterocycles. The fraction of sp³-hybridized carbons (Fsp3) is 0.350. The van der Waals surface area contributed by atoms with Crippen LogP contribution in [0.3, 0.4) is 0 Å². The molecule has 0 radical (unpaired) electrons. The van der Waals surface area contributed by atoms with Crippen molar-refractivity contribution >= 4 is 27.5 Å². The lowest BCUT2D eigenvalue weighted by Crippen LogP contribution is -2.31. The van der Waals surface area contributed by atoms with Gasteiger partial charge >= 0.3 is 0 Å². The quantitative estimate of drug-likeness (QED) is 0.764. The molecular weight excluding hydrogens is 403 g/mol. The number of carbonyl (C=O) groups excluding carboxylic acids is 1. The number of hydrogen-bond donors (Lipinski definition) is 1. The van der Waals surface area contributed by atoms with Crippen LogP contribution >= 0.6 is 11.6 Å². The van der Waals surface area contributed by atoms with Gasteiger partial charge in [-0.2, -0.15) is 4.31 Å². The van der Waals surface area contributed by atoms with E-state index in [4.69, 9.17) is 11.6 Å². The second-order valence-electron chi connectivity index (χ2n) is 6.64. The van der Waals surface area contributed by atoms with Crippen LogP contribution in [-0.2, 0) is 16.4 Å². The zero-order valence-corrected chi connectivity index (χ0v) is 17.3. The Morgan fingerprint density at radius 3 is 2.61 bits per heavy atom. The Bertz CT molecular complexity index is 1010. The summed E-state index contributed by atoms with van der Waals surface area (Å²) >= 11 is 6.18. The molecule has 1 aliphatic carbocycles. The summed E-state index contributed by atoms with van der Waals surface area (Å²) in [4.78, 5) is 12.8. The van der Waals surface area contributed by atoms with Crippen LogP contribution in [0.5, 0.6) is 0 Å². The standard InChI is InChI=1S/C20H22ClFN2O3S/c1-3-24(4-2)28(26,27)15-7-9-18(21)17(12-15)20(25)23-19-10-5-13-11-14(22)6-8-16(13)19/h6-9,11-12,19H,3-5,10H2,1-2H3,(H,23,25). The smallest absolute Gasteiger partial charge is 0.253 e. The maximum atomic E-state index is 13.4. The van der Waals surface area contributed by atoms with E-state index in [0.717, 1.165) is 11.1 Å². The number of benzene rings is 2. The molecule has 1 unspecified atom stereocenters. The summed E-state index contributed by atoms with van der Waals surface area (Å²) in [5, 5.41) is 3.07. The van der Waals surface area contributed by atoms with E-state index in [0.29, 0.717) is 25.9 Å². The van der Waals surface area contributed by atoms with Gasteiger partial charge in [0.2, 0.25) is 10.0 Å². The van der Waals surface area contributed by atoms with E-state index in [1.54, 1.807) is 19.9 Å². The van der Waals surface area contributed by atoms with Crippen LogP contribution < -0.4 is 5.32 Å². The number of aryl methyl sites for hydroxylation is 1. The van der Waals surface area contributed by atoms with Crippen LogP contribution in [0.1, 0.15) is 47.8 Å². The van der Waals surface area contributed by atoms with Crippen LogP contribution in [0, 0.1) is 5.82 Å². The van der Waals surface area contributed by atoms with E-state index in [1.807, 2.05) is 0 Å². The normalized spacial score (nSPS) is 16.2. The third-order valence-electron chi connectivity index (χ3n) is 5.01. The summed E-state index contributed by atoms with van der Waals surface area (Å²) in [6.07, 6.45) is 1.32. The highest BCUT2D eigenvalue weighted by Gasteiger charge is 2.27. The summed E-state index contributed by atoms with van der Waals surface area (Å²) in [7, 11) is -3.70. The van der Waals surface area contributed by atoms with E-state index in [-0.39, 0.29) is 27.3 Å². The van der Waals surface area contributed by atoms with E-state index < -0.39 is 15.9 Å². The van der Waals surface area contributed by atoms with Crippen LogP contribution in [-0.4, -0.2) is 31.7 Å². The summed E-state index contributed by atoms with van der Waals surface area (Å²) in [6, 6.07) is 8.39. The van der Waals surface area contributed by atoms with Gasteiger partial charge in [-0.05, 0) is 54.3 Å². The first-order valence-electron chi connectivity index (χ1n) is 9.16. The summed E-state index contributed by atoms with van der Waals surface area (Å²) in [6.45, 7) is 4.17. The van der Waals surface area contributed by atoms with Crippen molar-refractivity contribution in [2.45, 2.75) is 37.6 Å². The molecule has 8 heteroatoms. The average molecular weight is 425 g/mol. The predicted octanol–water partition coefficient (Wildman–Crippen LogP) is 3.93. The third kappa shape index (κ3) is 3.92. The van der Waals surface area contributed by atoms with Gasteiger partial charge in [-0.1, -0.05) is 31.5 Å². The van der Waals surface area contributed by atoms with E-state index in [9.17, 15) is 17.6 Å². The molecule has 1 atom stereocenters.